The van der Waals surface area contributed by atoms with E-state index in [1.165, 1.54) is 0 Å². The summed E-state index contributed by atoms with van der Waals surface area (Å²) in [6, 6.07) is 7.60. The largest absolute Gasteiger partial charge is 0.451 e. The van der Waals surface area contributed by atoms with E-state index in [0.29, 0.717) is 18.8 Å². The second kappa shape index (κ2) is 5.01. The number of furan rings is 1. The van der Waals surface area contributed by atoms with Crippen LogP contribution in [0.1, 0.15) is 22.5 Å². The fraction of sp³-hybridized carbons (Fsp3) is 0.308. The van der Waals surface area contributed by atoms with Crippen molar-refractivity contribution >= 4 is 16.9 Å². The van der Waals surface area contributed by atoms with Crippen molar-refractivity contribution in [1.82, 2.24) is 5.32 Å². The number of benzene rings is 1. The number of nitrogens with one attached hydrogen (secondary N) is 1. The van der Waals surface area contributed by atoms with Gasteiger partial charge in [0.05, 0.1) is 0 Å². The van der Waals surface area contributed by atoms with Crippen molar-refractivity contribution in [3.05, 3.63) is 35.6 Å². The smallest absolute Gasteiger partial charge is 0.287 e. The summed E-state index contributed by atoms with van der Waals surface area (Å²) >= 11 is 0. The number of hydrogen-bond donors (Lipinski definition) is 2. The number of hydrogen-bond acceptors (Lipinski definition) is 3. The van der Waals surface area contributed by atoms with Crippen molar-refractivity contribution < 1.29 is 9.21 Å². The molecule has 0 spiro atoms. The molecule has 0 aliphatic heterocycles. The zero-order valence-corrected chi connectivity index (χ0v) is 9.82. The lowest BCUT2D eigenvalue weighted by molar-refractivity contribution is 0.0928. The average molecular weight is 232 g/mol. The number of amides is 1. The molecule has 90 valence electrons. The maximum atomic E-state index is 11.7. The number of carbonyl (C=O) groups is 1. The molecule has 1 aromatic heterocycles. The third-order valence-electron chi connectivity index (χ3n) is 2.56. The average Bonchev–Trinajstić information content (AvgIpc) is 2.72. The lowest BCUT2D eigenvalue weighted by atomic mass is 10.2. The van der Waals surface area contributed by atoms with Crippen LogP contribution < -0.4 is 11.1 Å². The minimum Gasteiger partial charge on any atom is -0.451 e. The molecule has 0 saturated carbocycles. The first-order valence-corrected chi connectivity index (χ1v) is 5.69. The summed E-state index contributed by atoms with van der Waals surface area (Å²) in [5.74, 6) is 0.162. The van der Waals surface area contributed by atoms with Gasteiger partial charge in [0.25, 0.3) is 5.91 Å². The molecule has 4 nitrogen and oxygen atoms in total. The second-order valence-electron chi connectivity index (χ2n) is 4.05. The van der Waals surface area contributed by atoms with Crippen molar-refractivity contribution in [2.24, 2.45) is 5.73 Å². The van der Waals surface area contributed by atoms with E-state index in [4.69, 9.17) is 10.2 Å². The maximum absolute atomic E-state index is 11.7. The van der Waals surface area contributed by atoms with Gasteiger partial charge in [-0.2, -0.15) is 0 Å². The molecule has 0 unspecified atom stereocenters. The van der Waals surface area contributed by atoms with Crippen LogP contribution in [0.15, 0.2) is 28.7 Å². The molecule has 17 heavy (non-hydrogen) atoms. The van der Waals surface area contributed by atoms with E-state index in [0.717, 1.165) is 23.0 Å². The van der Waals surface area contributed by atoms with E-state index in [9.17, 15) is 4.79 Å². The van der Waals surface area contributed by atoms with Crippen LogP contribution in [0.2, 0.25) is 0 Å². The van der Waals surface area contributed by atoms with E-state index in [2.05, 4.69) is 5.32 Å². The predicted molar refractivity (Wildman–Crippen MR) is 67.0 cm³/mol. The number of nitrogens with two attached hydrogens (primary N) is 1. The van der Waals surface area contributed by atoms with Gasteiger partial charge in [0.2, 0.25) is 0 Å². The highest BCUT2D eigenvalue weighted by Crippen LogP contribution is 2.20. The first-order chi connectivity index (χ1) is 8.20. The fourth-order valence-electron chi connectivity index (χ4n) is 1.67. The number of aryl methyl sites for hydroxylation is 1. The van der Waals surface area contributed by atoms with E-state index in [1.807, 2.05) is 25.1 Å². The monoisotopic (exact) mass is 232 g/mol. The van der Waals surface area contributed by atoms with E-state index < -0.39 is 0 Å². The van der Waals surface area contributed by atoms with Gasteiger partial charge < -0.3 is 15.5 Å². The molecule has 2 aromatic rings. The molecular formula is C13H16N2O2. The van der Waals surface area contributed by atoms with E-state index in [-0.39, 0.29) is 5.91 Å². The summed E-state index contributed by atoms with van der Waals surface area (Å²) in [6.45, 7) is 3.15. The molecule has 0 radical (unpaired) electrons. The van der Waals surface area contributed by atoms with Crippen molar-refractivity contribution in [2.45, 2.75) is 13.3 Å². The Morgan fingerprint density at radius 1 is 1.41 bits per heavy atom. The molecule has 0 saturated heterocycles. The van der Waals surface area contributed by atoms with Crippen molar-refractivity contribution in [2.75, 3.05) is 13.1 Å². The standard InChI is InChI=1S/C13H16N2O2/c1-9-3-4-11-10(7-9)8-12(17-11)13(16)15-6-2-5-14/h3-4,7-8H,2,5-6,14H2,1H3,(H,15,16). The molecule has 0 fully saturated rings. The van der Waals surface area contributed by atoms with E-state index >= 15 is 0 Å². The van der Waals surface area contributed by atoms with Crippen LogP contribution in [0, 0.1) is 6.92 Å². The minimum absolute atomic E-state index is 0.188. The van der Waals surface area contributed by atoms with Gasteiger partial charge in [-0.15, -0.1) is 0 Å². The zero-order valence-electron chi connectivity index (χ0n) is 9.82. The Labute approximate surface area is 99.8 Å². The SMILES string of the molecule is Cc1ccc2oc(C(=O)NCCCN)cc2c1. The van der Waals surface area contributed by atoms with Crippen molar-refractivity contribution in [3.63, 3.8) is 0 Å². The first-order valence-electron chi connectivity index (χ1n) is 5.69. The van der Waals surface area contributed by atoms with Crippen molar-refractivity contribution in [3.8, 4) is 0 Å². The molecule has 0 aliphatic carbocycles. The molecule has 1 heterocycles. The normalized spacial score (nSPS) is 10.7. The highest BCUT2D eigenvalue weighted by Gasteiger charge is 2.11. The molecule has 3 N–H and O–H groups in total. The van der Waals surface area contributed by atoms with Crippen LogP contribution in [0.4, 0.5) is 0 Å². The summed E-state index contributed by atoms with van der Waals surface area (Å²) in [4.78, 5) is 11.7. The molecule has 4 heteroatoms. The van der Waals surface area contributed by atoms with Crippen molar-refractivity contribution in [1.29, 1.82) is 0 Å². The molecule has 0 atom stereocenters. The topological polar surface area (TPSA) is 68.3 Å². The fourth-order valence-corrected chi connectivity index (χ4v) is 1.67. The summed E-state index contributed by atoms with van der Waals surface area (Å²) in [6.07, 6.45) is 0.769. The van der Waals surface area contributed by atoms with Gasteiger partial charge in [0.1, 0.15) is 5.58 Å². The lowest BCUT2D eigenvalue weighted by Crippen LogP contribution is -2.25. The summed E-state index contributed by atoms with van der Waals surface area (Å²) in [5, 5.41) is 3.72. The van der Waals surface area contributed by atoms with Gasteiger partial charge in [-0.25, -0.2) is 0 Å². The maximum Gasteiger partial charge on any atom is 0.287 e. The summed E-state index contributed by atoms with van der Waals surface area (Å²) in [5.41, 5.74) is 7.24. The summed E-state index contributed by atoms with van der Waals surface area (Å²) in [7, 11) is 0. The Morgan fingerprint density at radius 3 is 3.00 bits per heavy atom. The Morgan fingerprint density at radius 2 is 2.24 bits per heavy atom. The van der Waals surface area contributed by atoms with Gasteiger partial charge >= 0.3 is 0 Å². The minimum atomic E-state index is -0.188. The Hall–Kier alpha value is -1.81. The highest BCUT2D eigenvalue weighted by molar-refractivity contribution is 5.96. The number of fused-ring (bicyclic) bond motifs is 1. The quantitative estimate of drug-likeness (QED) is 0.790. The van der Waals surface area contributed by atoms with Gasteiger partial charge in [-0.05, 0) is 38.1 Å². The number of carbonyl (C=O) groups excluding carboxylic acids is 1. The number of rotatable bonds is 4. The van der Waals surface area contributed by atoms with Gasteiger partial charge in [0, 0.05) is 11.9 Å². The van der Waals surface area contributed by atoms with Crippen LogP contribution in [0.25, 0.3) is 11.0 Å². The third kappa shape index (κ3) is 2.65. The van der Waals surface area contributed by atoms with Crippen LogP contribution in [-0.4, -0.2) is 19.0 Å². The van der Waals surface area contributed by atoms with E-state index in [1.54, 1.807) is 6.07 Å². The summed E-state index contributed by atoms with van der Waals surface area (Å²) < 4.78 is 5.47. The lowest BCUT2D eigenvalue weighted by Gasteiger charge is -2.00. The first kappa shape index (κ1) is 11.7. The highest BCUT2D eigenvalue weighted by atomic mass is 16.3. The Bertz CT molecular complexity index is 531. The predicted octanol–water partition coefficient (Wildman–Crippen LogP) is 1.82. The van der Waals surface area contributed by atoms with Crippen LogP contribution in [0.3, 0.4) is 0 Å². The van der Waals surface area contributed by atoms with Crippen LogP contribution in [-0.2, 0) is 0 Å². The third-order valence-corrected chi connectivity index (χ3v) is 2.56. The molecular weight excluding hydrogens is 216 g/mol. The molecule has 1 amide bonds. The Kier molecular flexibility index (Phi) is 3.44. The van der Waals surface area contributed by atoms with Gasteiger partial charge in [-0.3, -0.25) is 4.79 Å². The zero-order chi connectivity index (χ0) is 12.3. The van der Waals surface area contributed by atoms with Crippen LogP contribution in [0.5, 0.6) is 0 Å². The second-order valence-corrected chi connectivity index (χ2v) is 4.05. The van der Waals surface area contributed by atoms with Gasteiger partial charge in [0.15, 0.2) is 5.76 Å². The van der Waals surface area contributed by atoms with Crippen LogP contribution >= 0.6 is 0 Å². The molecule has 1 aromatic carbocycles. The molecule has 0 bridgehead atoms. The molecule has 2 rings (SSSR count). The van der Waals surface area contributed by atoms with Gasteiger partial charge in [-0.1, -0.05) is 11.6 Å². The molecule has 0 aliphatic rings. The Balaban J connectivity index is 2.15.